The average molecular weight is 254 g/mol. The number of nitrogens with zero attached hydrogens (tertiary/aromatic N) is 2. The van der Waals surface area contributed by atoms with Crippen molar-refractivity contribution in [3.63, 3.8) is 0 Å². The van der Waals surface area contributed by atoms with Gasteiger partial charge in [-0.2, -0.15) is 12.6 Å². The van der Waals surface area contributed by atoms with E-state index in [0.717, 1.165) is 0 Å². The van der Waals surface area contributed by atoms with Gasteiger partial charge in [0.25, 0.3) is 5.91 Å². The number of nitrogens with one attached hydrogen (secondary N) is 2. The predicted octanol–water partition coefficient (Wildman–Crippen LogP) is -0.358. The van der Waals surface area contributed by atoms with E-state index in [9.17, 15) is 9.59 Å². The van der Waals surface area contributed by atoms with Crippen molar-refractivity contribution in [2.24, 2.45) is 0 Å². The normalized spacial score (nSPS) is 9.71. The van der Waals surface area contributed by atoms with Gasteiger partial charge in [0, 0.05) is 31.9 Å². The molecule has 1 aromatic heterocycles. The van der Waals surface area contributed by atoms with Gasteiger partial charge in [0.2, 0.25) is 5.91 Å². The van der Waals surface area contributed by atoms with Crippen LogP contribution in [0.4, 0.5) is 0 Å². The molecular weight excluding hydrogens is 240 g/mol. The maximum absolute atomic E-state index is 11.5. The highest BCUT2D eigenvalue weighted by Gasteiger charge is 2.05. The van der Waals surface area contributed by atoms with Gasteiger partial charge < -0.3 is 10.6 Å². The lowest BCUT2D eigenvalue weighted by Gasteiger charge is -2.05. The van der Waals surface area contributed by atoms with E-state index in [1.54, 1.807) is 0 Å². The van der Waals surface area contributed by atoms with Gasteiger partial charge in [-0.05, 0) is 5.75 Å². The minimum absolute atomic E-state index is 0.0752. The molecule has 0 aromatic carbocycles. The van der Waals surface area contributed by atoms with E-state index >= 15 is 0 Å². The van der Waals surface area contributed by atoms with Crippen LogP contribution in [0.3, 0.4) is 0 Å². The SMILES string of the molecule is O=C(CCS)NCCNC(=O)c1cnccn1. The summed E-state index contributed by atoms with van der Waals surface area (Å²) in [5, 5.41) is 5.27. The van der Waals surface area contributed by atoms with Gasteiger partial charge in [0.05, 0.1) is 6.20 Å². The third-order valence-corrected chi connectivity index (χ3v) is 2.09. The van der Waals surface area contributed by atoms with Crippen molar-refractivity contribution in [1.82, 2.24) is 20.6 Å². The lowest BCUT2D eigenvalue weighted by Crippen LogP contribution is -2.35. The molecule has 1 heterocycles. The highest BCUT2D eigenvalue weighted by molar-refractivity contribution is 7.80. The van der Waals surface area contributed by atoms with Gasteiger partial charge in [0.15, 0.2) is 0 Å². The van der Waals surface area contributed by atoms with Crippen LogP contribution < -0.4 is 10.6 Å². The second-order valence-electron chi connectivity index (χ2n) is 3.17. The first-order chi connectivity index (χ1) is 8.24. The standard InChI is InChI=1S/C10H14N4O2S/c15-9(1-6-17)13-4-5-14-10(16)8-7-11-2-3-12-8/h2-3,7,17H,1,4-6H2,(H,13,15)(H,14,16). The number of thiol groups is 1. The zero-order valence-electron chi connectivity index (χ0n) is 9.22. The van der Waals surface area contributed by atoms with E-state index in [1.165, 1.54) is 18.6 Å². The number of rotatable bonds is 6. The summed E-state index contributed by atoms with van der Waals surface area (Å²) < 4.78 is 0. The highest BCUT2D eigenvalue weighted by atomic mass is 32.1. The number of carbonyl (C=O) groups is 2. The number of aromatic nitrogens is 2. The molecule has 0 saturated carbocycles. The fourth-order valence-corrected chi connectivity index (χ4v) is 1.28. The molecule has 0 aliphatic carbocycles. The molecule has 92 valence electrons. The van der Waals surface area contributed by atoms with Gasteiger partial charge in [-0.15, -0.1) is 0 Å². The smallest absolute Gasteiger partial charge is 0.271 e. The fraction of sp³-hybridized carbons (Fsp3) is 0.400. The Hall–Kier alpha value is -1.63. The van der Waals surface area contributed by atoms with Crippen molar-refractivity contribution in [3.05, 3.63) is 24.3 Å². The Morgan fingerprint density at radius 3 is 2.65 bits per heavy atom. The number of amides is 2. The number of hydrogen-bond acceptors (Lipinski definition) is 5. The Labute approximate surface area is 105 Å². The van der Waals surface area contributed by atoms with Crippen LogP contribution in [-0.4, -0.2) is 40.6 Å². The van der Waals surface area contributed by atoms with Crippen molar-refractivity contribution in [2.75, 3.05) is 18.8 Å². The zero-order chi connectivity index (χ0) is 12.5. The first-order valence-corrected chi connectivity index (χ1v) is 5.79. The Bertz CT molecular complexity index is 372. The van der Waals surface area contributed by atoms with E-state index in [4.69, 9.17) is 0 Å². The number of hydrogen-bond donors (Lipinski definition) is 3. The Kier molecular flexibility index (Phi) is 6.02. The third kappa shape index (κ3) is 5.30. The van der Waals surface area contributed by atoms with E-state index in [-0.39, 0.29) is 17.5 Å². The topological polar surface area (TPSA) is 84.0 Å². The summed E-state index contributed by atoms with van der Waals surface area (Å²) in [6.07, 6.45) is 4.70. The molecule has 0 radical (unpaired) electrons. The van der Waals surface area contributed by atoms with Gasteiger partial charge in [-0.1, -0.05) is 0 Å². The second-order valence-corrected chi connectivity index (χ2v) is 3.62. The third-order valence-electron chi connectivity index (χ3n) is 1.87. The average Bonchev–Trinajstić information content (AvgIpc) is 2.36. The molecule has 1 aromatic rings. The minimum atomic E-state index is -0.304. The minimum Gasteiger partial charge on any atom is -0.354 e. The molecule has 0 bridgehead atoms. The molecule has 0 spiro atoms. The summed E-state index contributed by atoms with van der Waals surface area (Å²) in [5.74, 6) is 0.132. The fourth-order valence-electron chi connectivity index (χ4n) is 1.07. The largest absolute Gasteiger partial charge is 0.354 e. The molecular formula is C10H14N4O2S. The lowest BCUT2D eigenvalue weighted by atomic mass is 10.4. The van der Waals surface area contributed by atoms with Crippen LogP contribution in [0.25, 0.3) is 0 Å². The van der Waals surface area contributed by atoms with Gasteiger partial charge in [-0.3, -0.25) is 14.6 Å². The summed E-state index contributed by atoms with van der Waals surface area (Å²) in [6.45, 7) is 0.742. The summed E-state index contributed by atoms with van der Waals surface area (Å²) >= 11 is 3.94. The van der Waals surface area contributed by atoms with Crippen LogP contribution in [0.15, 0.2) is 18.6 Å². The molecule has 0 unspecified atom stereocenters. The summed E-state index contributed by atoms with van der Waals surface area (Å²) in [6, 6.07) is 0. The van der Waals surface area contributed by atoms with Crippen LogP contribution in [0.5, 0.6) is 0 Å². The van der Waals surface area contributed by atoms with Gasteiger partial charge in [-0.25, -0.2) is 4.98 Å². The van der Waals surface area contributed by atoms with Crippen molar-refractivity contribution < 1.29 is 9.59 Å². The molecule has 2 N–H and O–H groups in total. The second kappa shape index (κ2) is 7.61. The van der Waals surface area contributed by atoms with Crippen LogP contribution >= 0.6 is 12.6 Å². The van der Waals surface area contributed by atoms with Crippen LogP contribution in [0.1, 0.15) is 16.9 Å². The van der Waals surface area contributed by atoms with Crippen LogP contribution in [-0.2, 0) is 4.79 Å². The molecule has 0 saturated heterocycles. The Morgan fingerprint density at radius 1 is 1.24 bits per heavy atom. The van der Waals surface area contributed by atoms with Crippen LogP contribution in [0.2, 0.25) is 0 Å². The molecule has 2 amide bonds. The van der Waals surface area contributed by atoms with E-state index in [0.29, 0.717) is 25.3 Å². The first kappa shape index (κ1) is 13.4. The molecule has 6 nitrogen and oxygen atoms in total. The maximum Gasteiger partial charge on any atom is 0.271 e. The Morgan fingerprint density at radius 2 is 2.00 bits per heavy atom. The van der Waals surface area contributed by atoms with Gasteiger partial charge in [0.1, 0.15) is 5.69 Å². The predicted molar refractivity (Wildman–Crippen MR) is 65.8 cm³/mol. The molecule has 17 heavy (non-hydrogen) atoms. The molecule has 7 heteroatoms. The maximum atomic E-state index is 11.5. The highest BCUT2D eigenvalue weighted by Crippen LogP contribution is 1.88. The Balaban J connectivity index is 2.19. The quantitative estimate of drug-likeness (QED) is 0.478. The van der Waals surface area contributed by atoms with E-state index < -0.39 is 0 Å². The lowest BCUT2D eigenvalue weighted by molar-refractivity contribution is -0.120. The molecule has 0 aliphatic heterocycles. The molecule has 0 atom stereocenters. The van der Waals surface area contributed by atoms with Crippen molar-refractivity contribution in [2.45, 2.75) is 6.42 Å². The van der Waals surface area contributed by atoms with Crippen molar-refractivity contribution >= 4 is 24.4 Å². The first-order valence-electron chi connectivity index (χ1n) is 5.16. The summed E-state index contributed by atoms with van der Waals surface area (Å²) in [7, 11) is 0. The molecule has 1 rings (SSSR count). The zero-order valence-corrected chi connectivity index (χ0v) is 10.1. The van der Waals surface area contributed by atoms with Crippen LogP contribution in [0, 0.1) is 0 Å². The van der Waals surface area contributed by atoms with Gasteiger partial charge >= 0.3 is 0 Å². The summed E-state index contributed by atoms with van der Waals surface area (Å²) in [5.41, 5.74) is 0.259. The van der Waals surface area contributed by atoms with Crippen molar-refractivity contribution in [3.8, 4) is 0 Å². The van der Waals surface area contributed by atoms with Crippen molar-refractivity contribution in [1.29, 1.82) is 0 Å². The summed E-state index contributed by atoms with van der Waals surface area (Å²) in [4.78, 5) is 30.2. The van der Waals surface area contributed by atoms with E-state index in [1.807, 2.05) is 0 Å². The number of carbonyl (C=O) groups excluding carboxylic acids is 2. The van der Waals surface area contributed by atoms with E-state index in [2.05, 4.69) is 33.2 Å². The molecule has 0 aliphatic rings. The monoisotopic (exact) mass is 254 g/mol. The molecule has 0 fully saturated rings.